The van der Waals surface area contributed by atoms with Crippen molar-refractivity contribution in [3.8, 4) is 0 Å². The zero-order valence-corrected chi connectivity index (χ0v) is 17.6. The van der Waals surface area contributed by atoms with Crippen LogP contribution in [0.1, 0.15) is 52.7 Å². The van der Waals surface area contributed by atoms with E-state index in [1.165, 1.54) is 11.1 Å². The molecule has 2 heterocycles. The van der Waals surface area contributed by atoms with Gasteiger partial charge in [0.15, 0.2) is 0 Å². The van der Waals surface area contributed by atoms with Gasteiger partial charge in [-0.2, -0.15) is 0 Å². The van der Waals surface area contributed by atoms with Crippen molar-refractivity contribution in [3.05, 3.63) is 29.3 Å². The van der Waals surface area contributed by atoms with Crippen LogP contribution < -0.4 is 5.46 Å². The van der Waals surface area contributed by atoms with Crippen LogP contribution in [0.25, 0.3) is 0 Å². The smallest absolute Gasteiger partial charge is 0.399 e. The van der Waals surface area contributed by atoms with E-state index in [0.717, 1.165) is 38.2 Å². The highest BCUT2D eigenvalue weighted by atomic mass is 16.7. The molecule has 3 rings (SSSR count). The van der Waals surface area contributed by atoms with Gasteiger partial charge in [0.1, 0.15) is 0 Å². The van der Waals surface area contributed by atoms with E-state index in [9.17, 15) is 0 Å². The van der Waals surface area contributed by atoms with Crippen molar-refractivity contribution in [1.82, 2.24) is 9.80 Å². The van der Waals surface area contributed by atoms with Crippen molar-refractivity contribution >= 4 is 12.6 Å². The number of benzene rings is 1. The van der Waals surface area contributed by atoms with Crippen molar-refractivity contribution in [3.63, 3.8) is 0 Å². The monoisotopic (exact) mass is 358 g/mol. The van der Waals surface area contributed by atoms with E-state index in [2.05, 4.69) is 76.5 Å². The topological polar surface area (TPSA) is 24.9 Å². The number of hydrogen-bond acceptors (Lipinski definition) is 4. The maximum absolute atomic E-state index is 6.23. The first-order valence-electron chi connectivity index (χ1n) is 10.0. The summed E-state index contributed by atoms with van der Waals surface area (Å²) in [5.41, 5.74) is 3.27. The molecule has 1 aromatic carbocycles. The van der Waals surface area contributed by atoms with Crippen molar-refractivity contribution in [2.75, 3.05) is 26.2 Å². The standard InChI is InChI=1S/C21H35BN2O2/c1-16(2)24-12-10-23(11-13-24)15-18-14-19(9-8-17(18)3)22-25-20(4,5)21(6,7)26-22/h8-9,14,16H,10-13,15H2,1-7H3. The van der Waals surface area contributed by atoms with Crippen molar-refractivity contribution in [1.29, 1.82) is 0 Å². The summed E-state index contributed by atoms with van der Waals surface area (Å²) in [6.45, 7) is 20.8. The summed E-state index contributed by atoms with van der Waals surface area (Å²) in [6, 6.07) is 7.29. The Bertz CT molecular complexity index is 621. The Morgan fingerprint density at radius 1 is 1.00 bits per heavy atom. The maximum atomic E-state index is 6.23. The highest BCUT2D eigenvalue weighted by molar-refractivity contribution is 6.62. The van der Waals surface area contributed by atoms with Gasteiger partial charge in [0.05, 0.1) is 11.2 Å². The molecule has 2 saturated heterocycles. The highest BCUT2D eigenvalue weighted by Crippen LogP contribution is 2.36. The quantitative estimate of drug-likeness (QED) is 0.773. The Morgan fingerprint density at radius 2 is 1.58 bits per heavy atom. The van der Waals surface area contributed by atoms with Crippen LogP contribution in [0.2, 0.25) is 0 Å². The average Bonchev–Trinajstić information content (AvgIpc) is 2.78. The molecule has 2 aliphatic rings. The normalized spacial score (nSPS) is 23.8. The lowest BCUT2D eigenvalue weighted by Gasteiger charge is -2.37. The summed E-state index contributed by atoms with van der Waals surface area (Å²) in [6.07, 6.45) is 0. The highest BCUT2D eigenvalue weighted by Gasteiger charge is 2.51. The lowest BCUT2D eigenvalue weighted by atomic mass is 9.77. The summed E-state index contributed by atoms with van der Waals surface area (Å²) in [7, 11) is -0.280. The second-order valence-electron chi connectivity index (χ2n) is 9.18. The van der Waals surface area contributed by atoms with Crippen LogP contribution in [-0.2, 0) is 15.9 Å². The number of piperazine rings is 1. The molecule has 26 heavy (non-hydrogen) atoms. The fraction of sp³-hybridized carbons (Fsp3) is 0.714. The Hall–Kier alpha value is -0.875. The van der Waals surface area contributed by atoms with E-state index in [0.29, 0.717) is 6.04 Å². The Labute approximate surface area is 160 Å². The van der Waals surface area contributed by atoms with Crippen LogP contribution in [0.5, 0.6) is 0 Å². The van der Waals surface area contributed by atoms with E-state index in [-0.39, 0.29) is 18.3 Å². The molecule has 0 spiro atoms. The first-order chi connectivity index (χ1) is 12.1. The van der Waals surface area contributed by atoms with E-state index >= 15 is 0 Å². The molecule has 0 radical (unpaired) electrons. The number of nitrogens with zero attached hydrogens (tertiary/aromatic N) is 2. The van der Waals surface area contributed by atoms with Gasteiger partial charge in [0.2, 0.25) is 0 Å². The summed E-state index contributed by atoms with van der Waals surface area (Å²) < 4.78 is 12.5. The molecule has 0 saturated carbocycles. The summed E-state index contributed by atoms with van der Waals surface area (Å²) in [5, 5.41) is 0. The second kappa shape index (κ2) is 7.27. The summed E-state index contributed by atoms with van der Waals surface area (Å²) in [4.78, 5) is 5.12. The summed E-state index contributed by atoms with van der Waals surface area (Å²) in [5.74, 6) is 0. The number of hydrogen-bond donors (Lipinski definition) is 0. The van der Waals surface area contributed by atoms with Crippen LogP contribution in [0.15, 0.2) is 18.2 Å². The molecule has 1 aromatic rings. The molecule has 2 fully saturated rings. The molecule has 4 nitrogen and oxygen atoms in total. The average molecular weight is 358 g/mol. The minimum absolute atomic E-state index is 0.280. The Balaban J connectivity index is 1.69. The van der Waals surface area contributed by atoms with Gasteiger partial charge in [0, 0.05) is 38.8 Å². The van der Waals surface area contributed by atoms with Gasteiger partial charge in [-0.05, 0) is 65.1 Å². The van der Waals surface area contributed by atoms with Crippen LogP contribution in [0.4, 0.5) is 0 Å². The van der Waals surface area contributed by atoms with Crippen molar-refractivity contribution < 1.29 is 9.31 Å². The fourth-order valence-electron chi connectivity index (χ4n) is 3.67. The third-order valence-electron chi connectivity index (χ3n) is 6.43. The number of rotatable bonds is 4. The van der Waals surface area contributed by atoms with E-state index in [4.69, 9.17) is 9.31 Å². The molecule has 0 unspecified atom stereocenters. The van der Waals surface area contributed by atoms with Crippen LogP contribution in [0, 0.1) is 6.92 Å². The molecule has 0 aliphatic carbocycles. The molecule has 0 bridgehead atoms. The second-order valence-corrected chi connectivity index (χ2v) is 9.18. The molecular weight excluding hydrogens is 323 g/mol. The van der Waals surface area contributed by atoms with E-state index < -0.39 is 0 Å². The summed E-state index contributed by atoms with van der Waals surface area (Å²) >= 11 is 0. The van der Waals surface area contributed by atoms with Gasteiger partial charge in [0.25, 0.3) is 0 Å². The molecule has 2 aliphatic heterocycles. The van der Waals surface area contributed by atoms with Crippen molar-refractivity contribution in [2.45, 2.75) is 72.3 Å². The predicted molar refractivity (Wildman–Crippen MR) is 109 cm³/mol. The van der Waals surface area contributed by atoms with Gasteiger partial charge >= 0.3 is 7.12 Å². The van der Waals surface area contributed by atoms with Gasteiger partial charge < -0.3 is 9.31 Å². The molecule has 0 amide bonds. The zero-order chi connectivity index (χ0) is 19.1. The maximum Gasteiger partial charge on any atom is 0.494 e. The zero-order valence-electron chi connectivity index (χ0n) is 17.6. The third-order valence-corrected chi connectivity index (χ3v) is 6.43. The molecular formula is C21H35BN2O2. The number of aryl methyl sites for hydroxylation is 1. The van der Waals surface area contributed by atoms with Crippen LogP contribution >= 0.6 is 0 Å². The van der Waals surface area contributed by atoms with E-state index in [1.807, 2.05) is 0 Å². The van der Waals surface area contributed by atoms with Crippen molar-refractivity contribution in [2.24, 2.45) is 0 Å². The van der Waals surface area contributed by atoms with Gasteiger partial charge in [-0.1, -0.05) is 18.2 Å². The molecule has 0 N–H and O–H groups in total. The Morgan fingerprint density at radius 3 is 2.12 bits per heavy atom. The first-order valence-corrected chi connectivity index (χ1v) is 10.0. The molecule has 0 atom stereocenters. The largest absolute Gasteiger partial charge is 0.494 e. The lowest BCUT2D eigenvalue weighted by molar-refractivity contribution is 0.00578. The minimum Gasteiger partial charge on any atom is -0.399 e. The predicted octanol–water partition coefficient (Wildman–Crippen LogP) is 2.82. The fourth-order valence-corrected chi connectivity index (χ4v) is 3.67. The molecule has 5 heteroatoms. The molecule has 144 valence electrons. The van der Waals surface area contributed by atoms with Gasteiger partial charge in [-0.3, -0.25) is 9.80 Å². The van der Waals surface area contributed by atoms with Crippen LogP contribution in [0.3, 0.4) is 0 Å². The van der Waals surface area contributed by atoms with Gasteiger partial charge in [-0.15, -0.1) is 0 Å². The van der Waals surface area contributed by atoms with E-state index in [1.54, 1.807) is 0 Å². The minimum atomic E-state index is -0.296. The third kappa shape index (κ3) is 4.01. The first kappa shape index (κ1) is 19.9. The molecule has 0 aromatic heterocycles. The SMILES string of the molecule is Cc1ccc(B2OC(C)(C)C(C)(C)O2)cc1CN1CCN(C(C)C)CC1. The van der Waals surface area contributed by atoms with Gasteiger partial charge in [-0.25, -0.2) is 0 Å². The van der Waals surface area contributed by atoms with Crippen LogP contribution in [-0.4, -0.2) is 60.3 Å². The lowest BCUT2D eigenvalue weighted by Crippen LogP contribution is -2.48. The Kier molecular flexibility index (Phi) is 5.56.